The average Bonchev–Trinajstić information content (AvgIpc) is 2.63. The fourth-order valence-corrected chi connectivity index (χ4v) is 2.83. The highest BCUT2D eigenvalue weighted by atomic mass is 32.2. The Hall–Kier alpha value is -2.10. The highest BCUT2D eigenvalue weighted by Gasteiger charge is 2.09. The summed E-state index contributed by atoms with van der Waals surface area (Å²) in [6.45, 7) is 2.27. The van der Waals surface area contributed by atoms with Crippen LogP contribution in [0, 0.1) is 0 Å². The van der Waals surface area contributed by atoms with E-state index in [2.05, 4.69) is 10.6 Å². The van der Waals surface area contributed by atoms with Gasteiger partial charge < -0.3 is 15.7 Å². The Balaban J connectivity index is 2.35. The quantitative estimate of drug-likeness (QED) is 0.428. The van der Waals surface area contributed by atoms with Crippen LogP contribution >= 0.6 is 11.8 Å². The van der Waals surface area contributed by atoms with Crippen molar-refractivity contribution in [2.24, 2.45) is 0 Å². The Morgan fingerprint density at radius 3 is 2.04 bits per heavy atom. The van der Waals surface area contributed by atoms with Gasteiger partial charge in [-0.1, -0.05) is 24.3 Å². The van der Waals surface area contributed by atoms with E-state index in [1.54, 1.807) is 11.9 Å². The van der Waals surface area contributed by atoms with Gasteiger partial charge in [0.15, 0.2) is 0 Å². The van der Waals surface area contributed by atoms with Gasteiger partial charge in [0, 0.05) is 26.2 Å². The average molecular weight is 411 g/mol. The monoisotopic (exact) mass is 410 g/mol. The summed E-state index contributed by atoms with van der Waals surface area (Å²) in [5, 5.41) is 14.5. The minimum atomic E-state index is -0.867. The van der Waals surface area contributed by atoms with Gasteiger partial charge >= 0.3 is 5.97 Å². The van der Waals surface area contributed by atoms with Gasteiger partial charge in [0.05, 0.1) is 18.8 Å². The summed E-state index contributed by atoms with van der Waals surface area (Å²) in [5.74, 6) is -0.519. The van der Waals surface area contributed by atoms with Crippen LogP contribution in [0.25, 0.3) is 0 Å². The second-order valence-electron chi connectivity index (χ2n) is 6.68. The second-order valence-corrected chi connectivity index (χ2v) is 7.54. The molecule has 1 rings (SSSR count). The SMILES string of the molecule is CSCC(=O)NCc1cccc(CNC(=O)CN(C)CCN(C)CC(=O)O)c1. The highest BCUT2D eigenvalue weighted by Crippen LogP contribution is 2.05. The Kier molecular flexibility index (Phi) is 11.2. The maximum Gasteiger partial charge on any atom is 0.317 e. The molecule has 0 fully saturated rings. The van der Waals surface area contributed by atoms with Gasteiger partial charge in [-0.05, 0) is 31.5 Å². The molecule has 0 unspecified atom stereocenters. The summed E-state index contributed by atoms with van der Waals surface area (Å²) >= 11 is 1.48. The number of thioether (sulfide) groups is 1. The Morgan fingerprint density at radius 1 is 0.964 bits per heavy atom. The van der Waals surface area contributed by atoms with Gasteiger partial charge in [0.2, 0.25) is 11.8 Å². The van der Waals surface area contributed by atoms with Crippen LogP contribution in [0.5, 0.6) is 0 Å². The lowest BCUT2D eigenvalue weighted by molar-refractivity contribution is -0.138. The molecule has 0 heterocycles. The molecular formula is C19H30N4O4S. The third-order valence-electron chi connectivity index (χ3n) is 3.93. The molecule has 8 nitrogen and oxygen atoms in total. The molecule has 0 saturated heterocycles. The molecule has 0 radical (unpaired) electrons. The Labute approximate surface area is 170 Å². The van der Waals surface area contributed by atoms with E-state index in [4.69, 9.17) is 5.11 Å². The van der Waals surface area contributed by atoms with E-state index in [0.717, 1.165) is 11.1 Å². The van der Waals surface area contributed by atoms with Crippen molar-refractivity contribution in [3.8, 4) is 0 Å². The molecular weight excluding hydrogens is 380 g/mol. The highest BCUT2D eigenvalue weighted by molar-refractivity contribution is 7.99. The maximum absolute atomic E-state index is 12.1. The summed E-state index contributed by atoms with van der Waals surface area (Å²) in [4.78, 5) is 37.8. The lowest BCUT2D eigenvalue weighted by Gasteiger charge is -2.20. The van der Waals surface area contributed by atoms with Crippen LogP contribution in [0.3, 0.4) is 0 Å². The van der Waals surface area contributed by atoms with Crippen LogP contribution in [0.1, 0.15) is 11.1 Å². The minimum absolute atomic E-state index is 0.00300. The van der Waals surface area contributed by atoms with Crippen molar-refractivity contribution in [2.75, 3.05) is 52.3 Å². The van der Waals surface area contributed by atoms with E-state index in [9.17, 15) is 14.4 Å². The van der Waals surface area contributed by atoms with Gasteiger partial charge in [0.1, 0.15) is 0 Å². The summed E-state index contributed by atoms with van der Waals surface area (Å²) < 4.78 is 0. The molecule has 0 bridgehead atoms. The van der Waals surface area contributed by atoms with Crippen LogP contribution in [-0.2, 0) is 27.5 Å². The van der Waals surface area contributed by atoms with Crippen molar-refractivity contribution >= 4 is 29.5 Å². The summed E-state index contributed by atoms with van der Waals surface area (Å²) in [5.41, 5.74) is 1.95. The molecule has 1 aromatic rings. The van der Waals surface area contributed by atoms with Crippen molar-refractivity contribution < 1.29 is 19.5 Å². The van der Waals surface area contributed by atoms with E-state index < -0.39 is 5.97 Å². The summed E-state index contributed by atoms with van der Waals surface area (Å²) in [6, 6.07) is 7.73. The van der Waals surface area contributed by atoms with Gasteiger partial charge in [-0.3, -0.25) is 24.2 Å². The van der Waals surface area contributed by atoms with E-state index in [-0.39, 0.29) is 24.9 Å². The van der Waals surface area contributed by atoms with E-state index in [1.165, 1.54) is 11.8 Å². The molecule has 28 heavy (non-hydrogen) atoms. The predicted molar refractivity (Wildman–Crippen MR) is 111 cm³/mol. The van der Waals surface area contributed by atoms with Crippen molar-refractivity contribution in [1.82, 2.24) is 20.4 Å². The number of carboxylic acid groups (broad SMARTS) is 1. The molecule has 156 valence electrons. The third-order valence-corrected chi connectivity index (χ3v) is 4.48. The third kappa shape index (κ3) is 10.9. The zero-order valence-electron chi connectivity index (χ0n) is 16.7. The van der Waals surface area contributed by atoms with Crippen molar-refractivity contribution in [3.63, 3.8) is 0 Å². The zero-order chi connectivity index (χ0) is 20.9. The molecule has 0 aliphatic rings. The number of carbonyl (C=O) groups excluding carboxylic acids is 2. The number of nitrogens with one attached hydrogen (secondary N) is 2. The molecule has 0 aliphatic heterocycles. The maximum atomic E-state index is 12.1. The smallest absolute Gasteiger partial charge is 0.317 e. The molecule has 0 saturated carbocycles. The van der Waals surface area contributed by atoms with Crippen LogP contribution in [-0.4, -0.2) is 85.0 Å². The van der Waals surface area contributed by atoms with Crippen LogP contribution < -0.4 is 10.6 Å². The van der Waals surface area contributed by atoms with Crippen molar-refractivity contribution in [1.29, 1.82) is 0 Å². The molecule has 2 amide bonds. The predicted octanol–water partition coefficient (Wildman–Crippen LogP) is 0.230. The van der Waals surface area contributed by atoms with Crippen LogP contribution in [0.15, 0.2) is 24.3 Å². The van der Waals surface area contributed by atoms with Crippen LogP contribution in [0.4, 0.5) is 0 Å². The number of amides is 2. The number of rotatable bonds is 13. The van der Waals surface area contributed by atoms with Crippen LogP contribution in [0.2, 0.25) is 0 Å². The fourth-order valence-electron chi connectivity index (χ4n) is 2.46. The standard InChI is InChI=1S/C19H30N4O4S/c1-22(7-8-23(2)13-19(26)27)12-17(24)20-10-15-5-4-6-16(9-15)11-21-18(25)14-28-3/h4-6,9H,7-8,10-14H2,1-3H3,(H,20,24)(H,21,25)(H,26,27). The normalized spacial score (nSPS) is 10.9. The second kappa shape index (κ2) is 13.1. The number of benzene rings is 1. The minimum Gasteiger partial charge on any atom is -0.480 e. The zero-order valence-corrected chi connectivity index (χ0v) is 17.6. The molecule has 3 N–H and O–H groups in total. The number of hydrogen-bond acceptors (Lipinski definition) is 6. The number of nitrogens with zero attached hydrogens (tertiary/aromatic N) is 2. The van der Waals surface area contributed by atoms with E-state index >= 15 is 0 Å². The largest absolute Gasteiger partial charge is 0.480 e. The van der Waals surface area contributed by atoms with Crippen molar-refractivity contribution in [2.45, 2.75) is 13.1 Å². The number of likely N-dealkylation sites (N-methyl/N-ethyl adjacent to an activating group) is 2. The lowest BCUT2D eigenvalue weighted by atomic mass is 10.1. The van der Waals surface area contributed by atoms with Gasteiger partial charge in [-0.15, -0.1) is 0 Å². The molecule has 0 spiro atoms. The number of hydrogen-bond donors (Lipinski definition) is 3. The van der Waals surface area contributed by atoms with Gasteiger partial charge in [-0.2, -0.15) is 11.8 Å². The Bertz CT molecular complexity index is 657. The molecule has 0 aliphatic carbocycles. The first kappa shape index (κ1) is 23.9. The number of carboxylic acids is 1. The first-order valence-corrected chi connectivity index (χ1v) is 10.4. The first-order chi connectivity index (χ1) is 13.3. The molecule has 1 aromatic carbocycles. The number of carbonyl (C=O) groups is 3. The topological polar surface area (TPSA) is 102 Å². The summed E-state index contributed by atoms with van der Waals surface area (Å²) in [6.07, 6.45) is 1.88. The van der Waals surface area contributed by atoms with E-state index in [1.807, 2.05) is 42.5 Å². The molecule has 9 heteroatoms. The Morgan fingerprint density at radius 2 is 1.50 bits per heavy atom. The fraction of sp³-hybridized carbons (Fsp3) is 0.526. The number of aliphatic carboxylic acids is 1. The lowest BCUT2D eigenvalue weighted by Crippen LogP contribution is -2.39. The molecule has 0 atom stereocenters. The summed E-state index contributed by atoms with van der Waals surface area (Å²) in [7, 11) is 3.56. The van der Waals surface area contributed by atoms with Crippen molar-refractivity contribution in [3.05, 3.63) is 35.4 Å². The van der Waals surface area contributed by atoms with E-state index in [0.29, 0.717) is 31.9 Å². The van der Waals surface area contributed by atoms with Gasteiger partial charge in [-0.25, -0.2) is 0 Å². The molecule has 0 aromatic heterocycles. The first-order valence-electron chi connectivity index (χ1n) is 8.99. The van der Waals surface area contributed by atoms with Gasteiger partial charge in [0.25, 0.3) is 0 Å².